The summed E-state index contributed by atoms with van der Waals surface area (Å²) in [5, 5.41) is 3.30. The number of carbonyl (C=O) groups is 1. The van der Waals surface area contributed by atoms with Crippen LogP contribution in [0.15, 0.2) is 36.7 Å². The topological polar surface area (TPSA) is 54.9 Å². The van der Waals surface area contributed by atoms with E-state index in [1.165, 1.54) is 6.20 Å². The fraction of sp³-hybridized carbons (Fsp3) is 0.267. The molecule has 1 atom stereocenters. The molecule has 0 fully saturated rings. The van der Waals surface area contributed by atoms with Crippen LogP contribution in [0.2, 0.25) is 5.02 Å². The second-order valence-corrected chi connectivity index (χ2v) is 4.90. The molecule has 0 saturated heterocycles. The standard InChI is InChI=1S/C15H16ClN3O/c1-3-13(14-6-4-5-10(2)18-14)19-15(20)11-7-8-17-9-12(11)16/h4-9,13H,3H2,1-2H3,(H,19,20). The summed E-state index contributed by atoms with van der Waals surface area (Å²) in [5.74, 6) is -0.215. The number of rotatable bonds is 4. The van der Waals surface area contributed by atoms with Crippen LogP contribution in [0.25, 0.3) is 0 Å². The minimum Gasteiger partial charge on any atom is -0.344 e. The molecule has 2 rings (SSSR count). The Labute approximate surface area is 123 Å². The van der Waals surface area contributed by atoms with Crippen LogP contribution in [0.5, 0.6) is 0 Å². The molecule has 0 aromatic carbocycles. The number of hydrogen-bond acceptors (Lipinski definition) is 3. The lowest BCUT2D eigenvalue weighted by atomic mass is 10.1. The molecule has 0 bridgehead atoms. The van der Waals surface area contributed by atoms with E-state index in [9.17, 15) is 4.79 Å². The molecule has 0 radical (unpaired) electrons. The second-order valence-electron chi connectivity index (χ2n) is 4.49. The van der Waals surface area contributed by atoms with Crippen molar-refractivity contribution in [3.8, 4) is 0 Å². The van der Waals surface area contributed by atoms with Crippen molar-refractivity contribution in [3.05, 3.63) is 58.6 Å². The van der Waals surface area contributed by atoms with Gasteiger partial charge in [0.15, 0.2) is 0 Å². The third-order valence-corrected chi connectivity index (χ3v) is 3.30. The molecule has 0 aliphatic carbocycles. The highest BCUT2D eigenvalue weighted by Gasteiger charge is 2.17. The maximum absolute atomic E-state index is 12.2. The van der Waals surface area contributed by atoms with Crippen LogP contribution in [0.1, 0.15) is 41.1 Å². The Morgan fingerprint density at radius 3 is 2.85 bits per heavy atom. The SMILES string of the molecule is CCC(NC(=O)c1ccncc1Cl)c1cccc(C)n1. The smallest absolute Gasteiger partial charge is 0.253 e. The van der Waals surface area contributed by atoms with Crippen molar-refractivity contribution in [3.63, 3.8) is 0 Å². The highest BCUT2D eigenvalue weighted by Crippen LogP contribution is 2.18. The molecule has 20 heavy (non-hydrogen) atoms. The summed E-state index contributed by atoms with van der Waals surface area (Å²) in [5.41, 5.74) is 2.20. The van der Waals surface area contributed by atoms with Gasteiger partial charge in [0.1, 0.15) is 0 Å². The molecule has 2 aromatic rings. The zero-order chi connectivity index (χ0) is 14.5. The first-order valence-electron chi connectivity index (χ1n) is 6.45. The van der Waals surface area contributed by atoms with Crippen LogP contribution in [0.4, 0.5) is 0 Å². The van der Waals surface area contributed by atoms with Crippen molar-refractivity contribution in [2.75, 3.05) is 0 Å². The summed E-state index contributed by atoms with van der Waals surface area (Å²) >= 11 is 5.98. The molecule has 0 spiro atoms. The highest BCUT2D eigenvalue weighted by molar-refractivity contribution is 6.33. The predicted molar refractivity (Wildman–Crippen MR) is 78.7 cm³/mol. The minimum absolute atomic E-state index is 0.133. The van der Waals surface area contributed by atoms with E-state index in [1.807, 2.05) is 32.0 Å². The summed E-state index contributed by atoms with van der Waals surface area (Å²) in [7, 11) is 0. The fourth-order valence-electron chi connectivity index (χ4n) is 1.94. The van der Waals surface area contributed by atoms with Gasteiger partial charge in [0.2, 0.25) is 0 Å². The Bertz CT molecular complexity index is 616. The summed E-state index contributed by atoms with van der Waals surface area (Å²) in [6, 6.07) is 7.25. The molecule has 0 aliphatic rings. The Kier molecular flexibility index (Phi) is 4.69. The van der Waals surface area contributed by atoms with Gasteiger partial charge < -0.3 is 5.32 Å². The zero-order valence-electron chi connectivity index (χ0n) is 11.4. The Hall–Kier alpha value is -1.94. The Morgan fingerprint density at radius 1 is 1.40 bits per heavy atom. The lowest BCUT2D eigenvalue weighted by molar-refractivity contribution is 0.0934. The number of nitrogens with zero attached hydrogens (tertiary/aromatic N) is 2. The van der Waals surface area contributed by atoms with Crippen molar-refractivity contribution in [1.29, 1.82) is 0 Å². The monoisotopic (exact) mass is 289 g/mol. The van der Waals surface area contributed by atoms with Gasteiger partial charge in [0, 0.05) is 18.1 Å². The van der Waals surface area contributed by atoms with E-state index in [-0.39, 0.29) is 11.9 Å². The minimum atomic E-state index is -0.215. The van der Waals surface area contributed by atoms with Gasteiger partial charge in [-0.05, 0) is 31.5 Å². The van der Waals surface area contributed by atoms with Crippen LogP contribution in [0.3, 0.4) is 0 Å². The van der Waals surface area contributed by atoms with E-state index in [0.717, 1.165) is 17.8 Å². The second kappa shape index (κ2) is 6.48. The molecule has 1 amide bonds. The van der Waals surface area contributed by atoms with Crippen molar-refractivity contribution in [1.82, 2.24) is 15.3 Å². The molecule has 1 N–H and O–H groups in total. The summed E-state index contributed by atoms with van der Waals surface area (Å²) in [4.78, 5) is 20.6. The quantitative estimate of drug-likeness (QED) is 0.939. The van der Waals surface area contributed by atoms with Crippen LogP contribution >= 0.6 is 11.6 Å². The van der Waals surface area contributed by atoms with Gasteiger partial charge in [-0.2, -0.15) is 0 Å². The van der Waals surface area contributed by atoms with Crippen LogP contribution in [-0.2, 0) is 0 Å². The lowest BCUT2D eigenvalue weighted by Crippen LogP contribution is -2.29. The van der Waals surface area contributed by atoms with Gasteiger partial charge in [-0.3, -0.25) is 14.8 Å². The van der Waals surface area contributed by atoms with Crippen LogP contribution < -0.4 is 5.32 Å². The predicted octanol–water partition coefficient (Wildman–Crippen LogP) is 3.32. The molecule has 4 nitrogen and oxygen atoms in total. The molecule has 104 valence electrons. The van der Waals surface area contributed by atoms with Crippen molar-refractivity contribution < 1.29 is 4.79 Å². The molecule has 2 aromatic heterocycles. The maximum Gasteiger partial charge on any atom is 0.253 e. The Morgan fingerprint density at radius 2 is 2.20 bits per heavy atom. The molecule has 0 aliphatic heterocycles. The number of hydrogen-bond donors (Lipinski definition) is 1. The van der Waals surface area contributed by atoms with Crippen LogP contribution in [-0.4, -0.2) is 15.9 Å². The molecule has 0 saturated carbocycles. The van der Waals surface area contributed by atoms with E-state index in [2.05, 4.69) is 15.3 Å². The maximum atomic E-state index is 12.2. The van der Waals surface area contributed by atoms with Gasteiger partial charge in [0.25, 0.3) is 5.91 Å². The summed E-state index contributed by atoms with van der Waals surface area (Å²) < 4.78 is 0. The molecule has 5 heteroatoms. The number of amides is 1. The number of halogens is 1. The van der Waals surface area contributed by atoms with Crippen molar-refractivity contribution in [2.45, 2.75) is 26.3 Å². The third-order valence-electron chi connectivity index (χ3n) is 3.00. The number of nitrogens with one attached hydrogen (secondary N) is 1. The van der Waals surface area contributed by atoms with Gasteiger partial charge in [-0.25, -0.2) is 0 Å². The molecule has 2 heterocycles. The van der Waals surface area contributed by atoms with Gasteiger partial charge >= 0.3 is 0 Å². The summed E-state index contributed by atoms with van der Waals surface area (Å²) in [6.07, 6.45) is 3.76. The first kappa shape index (κ1) is 14.5. The lowest BCUT2D eigenvalue weighted by Gasteiger charge is -2.17. The zero-order valence-corrected chi connectivity index (χ0v) is 12.2. The van der Waals surface area contributed by atoms with E-state index < -0.39 is 0 Å². The van der Waals surface area contributed by atoms with E-state index >= 15 is 0 Å². The first-order chi connectivity index (χ1) is 9.61. The number of carbonyl (C=O) groups excluding carboxylic acids is 1. The average molecular weight is 290 g/mol. The third kappa shape index (κ3) is 3.33. The molecule has 1 unspecified atom stereocenters. The van der Waals surface area contributed by atoms with Crippen LogP contribution in [0, 0.1) is 6.92 Å². The van der Waals surface area contributed by atoms with Gasteiger partial charge in [-0.15, -0.1) is 0 Å². The van der Waals surface area contributed by atoms with E-state index in [4.69, 9.17) is 11.6 Å². The Balaban J connectivity index is 2.19. The largest absolute Gasteiger partial charge is 0.344 e. The fourth-order valence-corrected chi connectivity index (χ4v) is 2.14. The van der Waals surface area contributed by atoms with Crippen molar-refractivity contribution >= 4 is 17.5 Å². The number of aryl methyl sites for hydroxylation is 1. The van der Waals surface area contributed by atoms with E-state index in [0.29, 0.717) is 10.6 Å². The van der Waals surface area contributed by atoms with Gasteiger partial charge in [0.05, 0.1) is 22.3 Å². The number of aromatic nitrogens is 2. The average Bonchev–Trinajstić information content (AvgIpc) is 2.45. The normalized spacial score (nSPS) is 11.9. The highest BCUT2D eigenvalue weighted by atomic mass is 35.5. The molecular formula is C15H16ClN3O. The molecular weight excluding hydrogens is 274 g/mol. The summed E-state index contributed by atoms with van der Waals surface area (Å²) in [6.45, 7) is 3.93. The van der Waals surface area contributed by atoms with E-state index in [1.54, 1.807) is 12.3 Å². The van der Waals surface area contributed by atoms with Gasteiger partial charge in [-0.1, -0.05) is 24.6 Å². The number of pyridine rings is 2. The van der Waals surface area contributed by atoms with Crippen molar-refractivity contribution in [2.24, 2.45) is 0 Å². The first-order valence-corrected chi connectivity index (χ1v) is 6.83.